The topological polar surface area (TPSA) is 43.4 Å². The fourth-order valence-corrected chi connectivity index (χ4v) is 2.21. The lowest BCUT2D eigenvalue weighted by Gasteiger charge is -2.18. The summed E-state index contributed by atoms with van der Waals surface area (Å²) in [5.41, 5.74) is 2.46. The minimum absolute atomic E-state index is 0.635. The van der Waals surface area contributed by atoms with Crippen LogP contribution in [0, 0.1) is 0 Å². The number of hydrogen-bond donors (Lipinski definition) is 1. The molecular weight excluding hydrogens is 252 g/mol. The molecule has 0 aliphatic carbocycles. The number of ether oxygens (including phenoxy) is 2. The highest BCUT2D eigenvalue weighted by Crippen LogP contribution is 2.30. The van der Waals surface area contributed by atoms with Crippen molar-refractivity contribution in [3.63, 3.8) is 0 Å². The van der Waals surface area contributed by atoms with Crippen molar-refractivity contribution in [1.82, 2.24) is 10.3 Å². The maximum atomic E-state index is 5.59. The predicted molar refractivity (Wildman–Crippen MR) is 77.1 cm³/mol. The first-order valence-electron chi connectivity index (χ1n) is 6.90. The van der Waals surface area contributed by atoms with Crippen LogP contribution in [0.1, 0.15) is 11.1 Å². The molecular formula is C16H18N2O2. The van der Waals surface area contributed by atoms with E-state index in [-0.39, 0.29) is 0 Å². The van der Waals surface area contributed by atoms with Crippen molar-refractivity contribution in [3.8, 4) is 11.5 Å². The summed E-state index contributed by atoms with van der Waals surface area (Å²) < 4.78 is 11.1. The number of fused-ring (bicyclic) bond motifs is 1. The van der Waals surface area contributed by atoms with Crippen LogP contribution >= 0.6 is 0 Å². The highest BCUT2D eigenvalue weighted by Gasteiger charge is 2.11. The van der Waals surface area contributed by atoms with E-state index in [9.17, 15) is 0 Å². The molecule has 1 aliphatic rings. The highest BCUT2D eigenvalue weighted by molar-refractivity contribution is 5.43. The third-order valence-electron chi connectivity index (χ3n) is 3.25. The first-order valence-corrected chi connectivity index (χ1v) is 6.90. The van der Waals surface area contributed by atoms with Crippen molar-refractivity contribution < 1.29 is 9.47 Å². The Morgan fingerprint density at radius 2 is 1.95 bits per heavy atom. The molecule has 0 saturated heterocycles. The van der Waals surface area contributed by atoms with Gasteiger partial charge in [0, 0.05) is 18.9 Å². The molecule has 1 aromatic carbocycles. The summed E-state index contributed by atoms with van der Waals surface area (Å²) in [6.07, 6.45) is 4.65. The smallest absolute Gasteiger partial charge is 0.161 e. The van der Waals surface area contributed by atoms with E-state index in [0.29, 0.717) is 13.2 Å². The molecule has 3 rings (SSSR count). The van der Waals surface area contributed by atoms with Gasteiger partial charge in [-0.2, -0.15) is 0 Å². The van der Waals surface area contributed by atoms with Gasteiger partial charge in [0.1, 0.15) is 13.2 Å². The van der Waals surface area contributed by atoms with E-state index in [2.05, 4.69) is 28.5 Å². The van der Waals surface area contributed by atoms with Crippen LogP contribution in [-0.4, -0.2) is 24.7 Å². The van der Waals surface area contributed by atoms with Crippen LogP contribution < -0.4 is 14.8 Å². The average molecular weight is 270 g/mol. The van der Waals surface area contributed by atoms with Gasteiger partial charge in [-0.15, -0.1) is 0 Å². The van der Waals surface area contributed by atoms with Crippen molar-refractivity contribution in [3.05, 3.63) is 53.9 Å². The van der Waals surface area contributed by atoms with Crippen LogP contribution in [0.4, 0.5) is 0 Å². The summed E-state index contributed by atoms with van der Waals surface area (Å²) in [6, 6.07) is 10.2. The molecule has 4 nitrogen and oxygen atoms in total. The second-order valence-corrected chi connectivity index (χ2v) is 4.77. The maximum Gasteiger partial charge on any atom is 0.161 e. The first kappa shape index (κ1) is 12.9. The van der Waals surface area contributed by atoms with E-state index >= 15 is 0 Å². The van der Waals surface area contributed by atoms with E-state index in [1.54, 1.807) is 6.20 Å². The quantitative estimate of drug-likeness (QED) is 0.846. The minimum atomic E-state index is 0.635. The molecule has 0 fully saturated rings. The maximum absolute atomic E-state index is 5.59. The Hall–Kier alpha value is -2.07. The Kier molecular flexibility index (Phi) is 4.13. The normalized spacial score (nSPS) is 13.2. The SMILES string of the molecule is c1cncc(CNCCc2ccc3c(c2)OCCO3)c1. The summed E-state index contributed by atoms with van der Waals surface area (Å²) in [6.45, 7) is 3.04. The van der Waals surface area contributed by atoms with Crippen molar-refractivity contribution in [2.75, 3.05) is 19.8 Å². The second-order valence-electron chi connectivity index (χ2n) is 4.77. The van der Waals surface area contributed by atoms with Gasteiger partial charge in [0.25, 0.3) is 0 Å². The van der Waals surface area contributed by atoms with Gasteiger partial charge in [-0.05, 0) is 42.3 Å². The lowest BCUT2D eigenvalue weighted by Crippen LogP contribution is -2.18. The molecule has 0 bridgehead atoms. The van der Waals surface area contributed by atoms with Crippen molar-refractivity contribution in [2.45, 2.75) is 13.0 Å². The van der Waals surface area contributed by atoms with Crippen LogP contribution in [0.15, 0.2) is 42.7 Å². The third-order valence-corrected chi connectivity index (χ3v) is 3.25. The molecule has 1 N–H and O–H groups in total. The van der Waals surface area contributed by atoms with Crippen LogP contribution in [0.3, 0.4) is 0 Å². The second kappa shape index (κ2) is 6.39. The molecule has 20 heavy (non-hydrogen) atoms. The Morgan fingerprint density at radius 1 is 1.05 bits per heavy atom. The van der Waals surface area contributed by atoms with Gasteiger partial charge in [0.05, 0.1) is 0 Å². The van der Waals surface area contributed by atoms with Crippen LogP contribution in [0.25, 0.3) is 0 Å². The van der Waals surface area contributed by atoms with Gasteiger partial charge in [-0.1, -0.05) is 12.1 Å². The number of rotatable bonds is 5. The molecule has 4 heteroatoms. The zero-order chi connectivity index (χ0) is 13.6. The van der Waals surface area contributed by atoms with Crippen LogP contribution in [0.5, 0.6) is 11.5 Å². The first-order chi connectivity index (χ1) is 9.92. The Balaban J connectivity index is 1.49. The van der Waals surface area contributed by atoms with Gasteiger partial charge >= 0.3 is 0 Å². The number of nitrogens with one attached hydrogen (secondary N) is 1. The highest BCUT2D eigenvalue weighted by atomic mass is 16.6. The third kappa shape index (κ3) is 3.27. The Labute approximate surface area is 118 Å². The molecule has 0 amide bonds. The fourth-order valence-electron chi connectivity index (χ4n) is 2.21. The zero-order valence-corrected chi connectivity index (χ0v) is 11.3. The summed E-state index contributed by atoms with van der Waals surface area (Å²) in [4.78, 5) is 4.10. The Bertz CT molecular complexity index is 558. The standard InChI is InChI=1S/C16H18N2O2/c1-2-14(11-17-6-1)12-18-7-5-13-3-4-15-16(10-13)20-9-8-19-15/h1-4,6,10-11,18H,5,7-9,12H2. The van der Waals surface area contributed by atoms with E-state index < -0.39 is 0 Å². The summed E-state index contributed by atoms with van der Waals surface area (Å²) >= 11 is 0. The summed E-state index contributed by atoms with van der Waals surface area (Å²) in [5, 5.41) is 3.42. The van der Waals surface area contributed by atoms with Gasteiger partial charge in [-0.3, -0.25) is 4.98 Å². The van der Waals surface area contributed by atoms with Gasteiger partial charge in [0.2, 0.25) is 0 Å². The van der Waals surface area contributed by atoms with Crippen molar-refractivity contribution >= 4 is 0 Å². The van der Waals surface area contributed by atoms with E-state index in [1.807, 2.05) is 18.3 Å². The fraction of sp³-hybridized carbons (Fsp3) is 0.312. The molecule has 0 atom stereocenters. The number of pyridine rings is 1. The minimum Gasteiger partial charge on any atom is -0.486 e. The lowest BCUT2D eigenvalue weighted by molar-refractivity contribution is 0.171. The molecule has 1 aromatic heterocycles. The molecule has 0 unspecified atom stereocenters. The molecule has 2 heterocycles. The zero-order valence-electron chi connectivity index (χ0n) is 11.3. The monoisotopic (exact) mass is 270 g/mol. The number of nitrogens with zero attached hydrogens (tertiary/aromatic N) is 1. The number of aromatic nitrogens is 1. The van der Waals surface area contributed by atoms with E-state index in [4.69, 9.17) is 9.47 Å². The largest absolute Gasteiger partial charge is 0.486 e. The number of hydrogen-bond acceptors (Lipinski definition) is 4. The van der Waals surface area contributed by atoms with Gasteiger partial charge in [0.15, 0.2) is 11.5 Å². The van der Waals surface area contributed by atoms with Crippen molar-refractivity contribution in [2.24, 2.45) is 0 Å². The summed E-state index contributed by atoms with van der Waals surface area (Å²) in [7, 11) is 0. The molecule has 0 saturated carbocycles. The van der Waals surface area contributed by atoms with Crippen LogP contribution in [0.2, 0.25) is 0 Å². The average Bonchev–Trinajstić information content (AvgIpc) is 2.52. The van der Waals surface area contributed by atoms with E-state index in [1.165, 1.54) is 11.1 Å². The molecule has 0 spiro atoms. The van der Waals surface area contributed by atoms with E-state index in [0.717, 1.165) is 31.0 Å². The predicted octanol–water partition coefficient (Wildman–Crippen LogP) is 2.19. The summed E-state index contributed by atoms with van der Waals surface area (Å²) in [5.74, 6) is 1.71. The van der Waals surface area contributed by atoms with Gasteiger partial charge < -0.3 is 14.8 Å². The van der Waals surface area contributed by atoms with Crippen LogP contribution in [-0.2, 0) is 13.0 Å². The lowest BCUT2D eigenvalue weighted by atomic mass is 10.1. The molecule has 1 aliphatic heterocycles. The van der Waals surface area contributed by atoms with Gasteiger partial charge in [-0.25, -0.2) is 0 Å². The molecule has 104 valence electrons. The molecule has 0 radical (unpaired) electrons. The number of benzene rings is 1. The van der Waals surface area contributed by atoms with Crippen molar-refractivity contribution in [1.29, 1.82) is 0 Å². The molecule has 2 aromatic rings. The Morgan fingerprint density at radius 3 is 2.80 bits per heavy atom.